The molecule has 0 aliphatic rings. The predicted molar refractivity (Wildman–Crippen MR) is 122 cm³/mol. The molecular weight excluding hydrogens is 422 g/mol. The summed E-state index contributed by atoms with van der Waals surface area (Å²) in [6, 6.07) is 9.58. The minimum atomic E-state index is -0.738. The number of carbonyl (C=O) groups excluding carboxylic acids is 1. The summed E-state index contributed by atoms with van der Waals surface area (Å²) in [7, 11) is 0. The number of hydrogen-bond acceptors (Lipinski definition) is 6. The van der Waals surface area contributed by atoms with Gasteiger partial charge >= 0.3 is 5.69 Å². The summed E-state index contributed by atoms with van der Waals surface area (Å²) < 4.78 is 2.87. The van der Waals surface area contributed by atoms with Crippen LogP contribution < -0.4 is 16.6 Å². The van der Waals surface area contributed by atoms with Gasteiger partial charge in [0, 0.05) is 30.8 Å². The zero-order valence-corrected chi connectivity index (χ0v) is 18.9. The maximum absolute atomic E-state index is 12.6. The fourth-order valence-corrected chi connectivity index (χ4v) is 3.50. The first kappa shape index (κ1) is 23.7. The highest BCUT2D eigenvalue weighted by atomic mass is 16.2. The molecule has 0 radical (unpaired) electrons. The van der Waals surface area contributed by atoms with Gasteiger partial charge < -0.3 is 5.32 Å². The van der Waals surface area contributed by atoms with Crippen LogP contribution in [-0.4, -0.2) is 36.5 Å². The van der Waals surface area contributed by atoms with Gasteiger partial charge in [-0.3, -0.25) is 19.1 Å². The van der Waals surface area contributed by atoms with Crippen LogP contribution in [0.25, 0.3) is 11.3 Å². The summed E-state index contributed by atoms with van der Waals surface area (Å²) in [6.07, 6.45) is 3.79. The van der Waals surface area contributed by atoms with Gasteiger partial charge in [0.2, 0.25) is 5.91 Å². The van der Waals surface area contributed by atoms with Crippen molar-refractivity contribution in [3.63, 3.8) is 0 Å². The fourth-order valence-electron chi connectivity index (χ4n) is 3.50. The topological polar surface area (TPSA) is 138 Å². The second-order valence-electron chi connectivity index (χ2n) is 8.44. The quantitative estimate of drug-likeness (QED) is 0.509. The molecule has 0 spiro atoms. The maximum Gasteiger partial charge on any atom is 0.328 e. The highest BCUT2D eigenvalue weighted by Crippen LogP contribution is 2.17. The monoisotopic (exact) mass is 449 g/mol. The Hall–Kier alpha value is -4.00. The zero-order valence-electron chi connectivity index (χ0n) is 18.9. The van der Waals surface area contributed by atoms with Gasteiger partial charge in [0.05, 0.1) is 12.7 Å². The van der Waals surface area contributed by atoms with Crippen LogP contribution in [0.5, 0.6) is 0 Å². The van der Waals surface area contributed by atoms with Gasteiger partial charge in [0.1, 0.15) is 17.3 Å². The molecule has 1 aromatic carbocycles. The van der Waals surface area contributed by atoms with Crippen molar-refractivity contribution in [3.8, 4) is 17.3 Å². The number of carbonyl (C=O) groups is 1. The van der Waals surface area contributed by atoms with Crippen LogP contribution >= 0.6 is 0 Å². The third-order valence-electron chi connectivity index (χ3n) is 5.13. The largest absolute Gasteiger partial charge is 0.351 e. The molecule has 2 N–H and O–H groups in total. The lowest BCUT2D eigenvalue weighted by atomic mass is 10.0. The van der Waals surface area contributed by atoms with Gasteiger partial charge in [-0.1, -0.05) is 48.9 Å². The van der Waals surface area contributed by atoms with Crippen LogP contribution in [0, 0.1) is 24.2 Å². The fraction of sp³-hybridized carbons (Fsp3) is 0.391. The van der Waals surface area contributed by atoms with E-state index < -0.39 is 11.2 Å². The number of hydrogen-bond donors (Lipinski definition) is 2. The lowest BCUT2D eigenvalue weighted by Gasteiger charge is -2.20. The number of amides is 1. The maximum atomic E-state index is 12.6. The van der Waals surface area contributed by atoms with Crippen molar-refractivity contribution in [1.82, 2.24) is 29.9 Å². The van der Waals surface area contributed by atoms with Gasteiger partial charge in [-0.05, 0) is 19.3 Å². The Bertz CT molecular complexity index is 1260. The Kier molecular flexibility index (Phi) is 7.56. The molecule has 0 unspecified atom stereocenters. The SMILES string of the molecule is Cc1ccc(-c2cn(C[C@H](CC(C)C)NC(=O)CCn3cc(C#N)c(=O)[nH]c3=O)nn2)cc1. The number of nitrogens with zero attached hydrogens (tertiary/aromatic N) is 5. The van der Waals surface area contributed by atoms with Crippen LogP contribution in [0.15, 0.2) is 46.2 Å². The smallest absolute Gasteiger partial charge is 0.328 e. The first-order valence-electron chi connectivity index (χ1n) is 10.8. The molecule has 3 aromatic rings. The van der Waals surface area contributed by atoms with Crippen molar-refractivity contribution in [3.05, 3.63) is 68.6 Å². The Morgan fingerprint density at radius 2 is 1.94 bits per heavy atom. The van der Waals surface area contributed by atoms with E-state index in [4.69, 9.17) is 5.26 Å². The highest BCUT2D eigenvalue weighted by Gasteiger charge is 2.17. The second-order valence-corrected chi connectivity index (χ2v) is 8.44. The van der Waals surface area contributed by atoms with Crippen LogP contribution in [0.1, 0.15) is 37.8 Å². The minimum absolute atomic E-state index is 0.0252. The zero-order chi connectivity index (χ0) is 24.0. The Morgan fingerprint density at radius 3 is 2.61 bits per heavy atom. The molecule has 0 aliphatic carbocycles. The summed E-state index contributed by atoms with van der Waals surface area (Å²) in [4.78, 5) is 38.1. The van der Waals surface area contributed by atoms with Gasteiger partial charge in [-0.2, -0.15) is 5.26 Å². The van der Waals surface area contributed by atoms with Crippen molar-refractivity contribution in [1.29, 1.82) is 5.26 Å². The third-order valence-corrected chi connectivity index (χ3v) is 5.13. The molecule has 10 nitrogen and oxygen atoms in total. The van der Waals surface area contributed by atoms with E-state index in [-0.39, 0.29) is 30.5 Å². The van der Waals surface area contributed by atoms with Crippen molar-refractivity contribution < 1.29 is 4.79 Å². The number of benzene rings is 1. The number of H-pyrrole nitrogens is 1. The lowest BCUT2D eigenvalue weighted by molar-refractivity contribution is -0.122. The van der Waals surface area contributed by atoms with E-state index in [2.05, 4.69) is 34.5 Å². The number of rotatable bonds is 9. The normalized spacial score (nSPS) is 11.8. The Labute approximate surface area is 190 Å². The van der Waals surface area contributed by atoms with E-state index in [1.54, 1.807) is 10.8 Å². The standard InChI is InChI=1S/C23H27N7O3/c1-15(2)10-19(13-30-14-20(27-28-30)17-6-4-16(3)5-7-17)25-21(31)8-9-29-12-18(11-24)22(32)26-23(29)33/h4-7,12,14-15,19H,8-10,13H2,1-3H3,(H,25,31)(H,26,32,33)/t19-/m0/s1. The summed E-state index contributed by atoms with van der Waals surface area (Å²) in [5.41, 5.74) is 1.33. The van der Waals surface area contributed by atoms with Crippen molar-refractivity contribution in [2.45, 2.75) is 52.7 Å². The molecule has 1 amide bonds. The van der Waals surface area contributed by atoms with Crippen LogP contribution in [0.4, 0.5) is 0 Å². The lowest BCUT2D eigenvalue weighted by Crippen LogP contribution is -2.40. The average molecular weight is 450 g/mol. The first-order valence-corrected chi connectivity index (χ1v) is 10.8. The van der Waals surface area contributed by atoms with Crippen molar-refractivity contribution in [2.75, 3.05) is 0 Å². The van der Waals surface area contributed by atoms with E-state index in [1.807, 2.05) is 37.4 Å². The molecule has 172 valence electrons. The van der Waals surface area contributed by atoms with Gasteiger partial charge in [0.15, 0.2) is 0 Å². The van der Waals surface area contributed by atoms with Crippen LogP contribution in [-0.2, 0) is 17.9 Å². The minimum Gasteiger partial charge on any atom is -0.351 e. The number of aryl methyl sites for hydroxylation is 2. The summed E-state index contributed by atoms with van der Waals surface area (Å²) in [5.74, 6) is 0.103. The van der Waals surface area contributed by atoms with Crippen LogP contribution in [0.2, 0.25) is 0 Å². The Morgan fingerprint density at radius 1 is 1.21 bits per heavy atom. The molecule has 0 bridgehead atoms. The number of nitrogens with one attached hydrogen (secondary N) is 2. The molecule has 1 atom stereocenters. The number of aromatic amines is 1. The molecule has 0 fully saturated rings. The molecule has 33 heavy (non-hydrogen) atoms. The van der Waals surface area contributed by atoms with Gasteiger partial charge in [-0.15, -0.1) is 5.10 Å². The molecule has 0 aliphatic heterocycles. The molecule has 2 aromatic heterocycles. The average Bonchev–Trinajstić information content (AvgIpc) is 3.21. The first-order chi connectivity index (χ1) is 15.7. The summed E-state index contributed by atoms with van der Waals surface area (Å²) in [5, 5.41) is 20.4. The third kappa shape index (κ3) is 6.49. The molecule has 0 saturated heterocycles. The molecule has 3 rings (SSSR count). The molecule has 2 heterocycles. The van der Waals surface area contributed by atoms with Gasteiger partial charge in [-0.25, -0.2) is 9.48 Å². The van der Waals surface area contributed by atoms with E-state index in [9.17, 15) is 14.4 Å². The highest BCUT2D eigenvalue weighted by molar-refractivity contribution is 5.76. The van der Waals surface area contributed by atoms with E-state index in [0.29, 0.717) is 12.5 Å². The van der Waals surface area contributed by atoms with Crippen molar-refractivity contribution >= 4 is 5.91 Å². The van der Waals surface area contributed by atoms with Crippen molar-refractivity contribution in [2.24, 2.45) is 5.92 Å². The van der Waals surface area contributed by atoms with Crippen LogP contribution in [0.3, 0.4) is 0 Å². The predicted octanol–water partition coefficient (Wildman–Crippen LogP) is 1.60. The summed E-state index contributed by atoms with van der Waals surface area (Å²) >= 11 is 0. The van der Waals surface area contributed by atoms with E-state index >= 15 is 0 Å². The molecule has 0 saturated carbocycles. The molecule has 10 heteroatoms. The van der Waals surface area contributed by atoms with E-state index in [0.717, 1.165) is 22.2 Å². The number of aromatic nitrogens is 5. The second kappa shape index (κ2) is 10.5. The summed E-state index contributed by atoms with van der Waals surface area (Å²) in [6.45, 7) is 6.67. The van der Waals surface area contributed by atoms with E-state index in [1.165, 1.54) is 11.8 Å². The van der Waals surface area contributed by atoms with Gasteiger partial charge in [0.25, 0.3) is 5.56 Å². The number of nitriles is 1. The Balaban J connectivity index is 1.64. The molecular formula is C23H27N7O3.